The topological polar surface area (TPSA) is 26.3 Å². The summed E-state index contributed by atoms with van der Waals surface area (Å²) in [7, 11) is 1.39. The molecule has 0 N–H and O–H groups in total. The van der Waals surface area contributed by atoms with Gasteiger partial charge in [-0.15, -0.1) is 0 Å². The quantitative estimate of drug-likeness (QED) is 0.722. The van der Waals surface area contributed by atoms with Crippen LogP contribution < -0.4 is 0 Å². The molecule has 0 aliphatic rings. The summed E-state index contributed by atoms with van der Waals surface area (Å²) >= 11 is 3.47. The summed E-state index contributed by atoms with van der Waals surface area (Å²) in [6.07, 6.45) is 0. The molecule has 0 fully saturated rings. The maximum Gasteiger partial charge on any atom is 0.338 e. The minimum Gasteiger partial charge on any atom is -0.465 e. The van der Waals surface area contributed by atoms with Crippen LogP contribution in [-0.4, -0.2) is 13.1 Å². The van der Waals surface area contributed by atoms with Gasteiger partial charge in [-0.05, 0) is 43.5 Å². The Hall–Kier alpha value is -0.830. The molecule has 0 aliphatic heterocycles. The zero-order valence-corrected chi connectivity index (χ0v) is 10.4. The average molecular weight is 257 g/mol. The van der Waals surface area contributed by atoms with Crippen molar-refractivity contribution in [1.82, 2.24) is 0 Å². The molecule has 0 atom stereocenters. The molecule has 14 heavy (non-hydrogen) atoms. The van der Waals surface area contributed by atoms with E-state index in [1.54, 1.807) is 0 Å². The Morgan fingerprint density at radius 2 is 1.86 bits per heavy atom. The Morgan fingerprint density at radius 1 is 1.29 bits per heavy atom. The molecule has 0 saturated heterocycles. The van der Waals surface area contributed by atoms with Gasteiger partial charge in [0.05, 0.1) is 12.7 Å². The summed E-state index contributed by atoms with van der Waals surface area (Å²) in [4.78, 5) is 11.4. The first-order chi connectivity index (χ1) is 6.49. The number of carbonyl (C=O) groups is 1. The highest BCUT2D eigenvalue weighted by molar-refractivity contribution is 9.10. The molecule has 0 spiro atoms. The lowest BCUT2D eigenvalue weighted by Gasteiger charge is -2.11. The lowest BCUT2D eigenvalue weighted by Crippen LogP contribution is -2.05. The van der Waals surface area contributed by atoms with Gasteiger partial charge >= 0.3 is 5.97 Å². The maximum atomic E-state index is 11.4. The molecule has 1 rings (SSSR count). The molecular weight excluding hydrogens is 244 g/mol. The van der Waals surface area contributed by atoms with Crippen LogP contribution in [0.2, 0.25) is 0 Å². The summed E-state index contributed by atoms with van der Waals surface area (Å²) in [5, 5.41) is 0. The third-order valence-electron chi connectivity index (χ3n) is 2.42. The van der Waals surface area contributed by atoms with Gasteiger partial charge in [0, 0.05) is 4.47 Å². The van der Waals surface area contributed by atoms with Gasteiger partial charge < -0.3 is 4.74 Å². The van der Waals surface area contributed by atoms with Crippen LogP contribution >= 0.6 is 15.9 Å². The Kier molecular flexibility index (Phi) is 3.32. The number of methoxy groups -OCH3 is 1. The fraction of sp³-hybridized carbons (Fsp3) is 0.364. The molecule has 0 saturated carbocycles. The minimum atomic E-state index is -0.286. The van der Waals surface area contributed by atoms with E-state index in [0.717, 1.165) is 21.2 Å². The molecule has 0 aromatic heterocycles. The van der Waals surface area contributed by atoms with Crippen molar-refractivity contribution < 1.29 is 9.53 Å². The molecule has 0 heterocycles. The van der Waals surface area contributed by atoms with Crippen LogP contribution in [0, 0.1) is 20.8 Å². The Morgan fingerprint density at radius 3 is 2.36 bits per heavy atom. The number of aryl methyl sites for hydroxylation is 1. The van der Waals surface area contributed by atoms with Gasteiger partial charge in [0.25, 0.3) is 0 Å². The summed E-state index contributed by atoms with van der Waals surface area (Å²) in [5.41, 5.74) is 3.81. The van der Waals surface area contributed by atoms with Crippen molar-refractivity contribution in [3.8, 4) is 0 Å². The number of rotatable bonds is 1. The van der Waals surface area contributed by atoms with Crippen molar-refractivity contribution in [2.75, 3.05) is 7.11 Å². The Bertz CT molecular complexity index is 383. The lowest BCUT2D eigenvalue weighted by molar-refractivity contribution is 0.0599. The SMILES string of the molecule is COC(=O)c1cc(C)c(C)c(Br)c1C. The van der Waals surface area contributed by atoms with Gasteiger partial charge in [0.1, 0.15) is 0 Å². The van der Waals surface area contributed by atoms with Crippen molar-refractivity contribution in [3.05, 3.63) is 32.8 Å². The third kappa shape index (κ3) is 1.82. The monoisotopic (exact) mass is 256 g/mol. The fourth-order valence-corrected chi connectivity index (χ4v) is 1.85. The highest BCUT2D eigenvalue weighted by Gasteiger charge is 2.14. The highest BCUT2D eigenvalue weighted by Crippen LogP contribution is 2.27. The molecule has 0 amide bonds. The zero-order chi connectivity index (χ0) is 10.9. The normalized spacial score (nSPS) is 10.1. The number of carbonyl (C=O) groups excluding carboxylic acids is 1. The van der Waals surface area contributed by atoms with Gasteiger partial charge in [-0.3, -0.25) is 0 Å². The predicted octanol–water partition coefficient (Wildman–Crippen LogP) is 3.16. The van der Waals surface area contributed by atoms with Crippen LogP contribution in [0.3, 0.4) is 0 Å². The van der Waals surface area contributed by atoms with Gasteiger partial charge in [0.2, 0.25) is 0 Å². The van der Waals surface area contributed by atoms with Crippen molar-refractivity contribution in [1.29, 1.82) is 0 Å². The fourth-order valence-electron chi connectivity index (χ4n) is 1.33. The predicted molar refractivity (Wildman–Crippen MR) is 59.7 cm³/mol. The van der Waals surface area contributed by atoms with Crippen LogP contribution in [0.15, 0.2) is 10.5 Å². The summed E-state index contributed by atoms with van der Waals surface area (Å²) < 4.78 is 5.69. The highest BCUT2D eigenvalue weighted by atomic mass is 79.9. The van der Waals surface area contributed by atoms with E-state index >= 15 is 0 Å². The first-order valence-electron chi connectivity index (χ1n) is 4.33. The molecule has 76 valence electrons. The van der Waals surface area contributed by atoms with E-state index in [4.69, 9.17) is 4.74 Å². The van der Waals surface area contributed by atoms with Crippen LogP contribution in [0.25, 0.3) is 0 Å². The third-order valence-corrected chi connectivity index (χ3v) is 3.61. The van der Waals surface area contributed by atoms with Crippen LogP contribution in [0.1, 0.15) is 27.0 Å². The van der Waals surface area contributed by atoms with E-state index in [9.17, 15) is 4.79 Å². The Labute approximate surface area is 92.4 Å². The van der Waals surface area contributed by atoms with Crippen molar-refractivity contribution in [2.24, 2.45) is 0 Å². The minimum absolute atomic E-state index is 0.286. The first-order valence-corrected chi connectivity index (χ1v) is 5.13. The van der Waals surface area contributed by atoms with Crippen LogP contribution in [0.5, 0.6) is 0 Å². The second-order valence-corrected chi connectivity index (χ2v) is 4.09. The van der Waals surface area contributed by atoms with E-state index in [1.807, 2.05) is 26.8 Å². The van der Waals surface area contributed by atoms with Gasteiger partial charge in [-0.25, -0.2) is 4.79 Å². The molecule has 3 heteroatoms. The van der Waals surface area contributed by atoms with Crippen LogP contribution in [0.4, 0.5) is 0 Å². The van der Waals surface area contributed by atoms with E-state index in [1.165, 1.54) is 7.11 Å². The van der Waals surface area contributed by atoms with E-state index in [-0.39, 0.29) is 5.97 Å². The molecule has 1 aromatic carbocycles. The molecule has 2 nitrogen and oxygen atoms in total. The average Bonchev–Trinajstić information content (AvgIpc) is 2.19. The zero-order valence-electron chi connectivity index (χ0n) is 8.77. The number of hydrogen-bond acceptors (Lipinski definition) is 2. The molecule has 0 unspecified atom stereocenters. The van der Waals surface area contributed by atoms with Crippen molar-refractivity contribution in [2.45, 2.75) is 20.8 Å². The number of halogens is 1. The smallest absolute Gasteiger partial charge is 0.338 e. The second kappa shape index (κ2) is 4.13. The van der Waals surface area contributed by atoms with Gasteiger partial charge in [-0.1, -0.05) is 15.9 Å². The molecule has 0 radical (unpaired) electrons. The Balaban J connectivity index is 3.40. The molecular formula is C11H13BrO2. The lowest BCUT2D eigenvalue weighted by atomic mass is 10.0. The number of esters is 1. The molecule has 0 aliphatic carbocycles. The van der Waals surface area contributed by atoms with E-state index < -0.39 is 0 Å². The largest absolute Gasteiger partial charge is 0.465 e. The van der Waals surface area contributed by atoms with Crippen molar-refractivity contribution >= 4 is 21.9 Å². The van der Waals surface area contributed by atoms with Gasteiger partial charge in [0.15, 0.2) is 0 Å². The summed E-state index contributed by atoms with van der Waals surface area (Å²) in [6, 6.07) is 1.86. The first kappa shape index (κ1) is 11.2. The standard InChI is InChI=1S/C11H13BrO2/c1-6-5-9(11(13)14-4)8(3)10(12)7(6)2/h5H,1-4H3. The van der Waals surface area contributed by atoms with E-state index in [0.29, 0.717) is 5.56 Å². The van der Waals surface area contributed by atoms with Gasteiger partial charge in [-0.2, -0.15) is 0 Å². The number of hydrogen-bond donors (Lipinski definition) is 0. The van der Waals surface area contributed by atoms with Crippen molar-refractivity contribution in [3.63, 3.8) is 0 Å². The van der Waals surface area contributed by atoms with E-state index in [2.05, 4.69) is 15.9 Å². The van der Waals surface area contributed by atoms with Crippen LogP contribution in [-0.2, 0) is 4.74 Å². The summed E-state index contributed by atoms with van der Waals surface area (Å²) in [6.45, 7) is 5.90. The number of ether oxygens (including phenoxy) is 1. The summed E-state index contributed by atoms with van der Waals surface area (Å²) in [5.74, 6) is -0.286. The maximum absolute atomic E-state index is 11.4. The number of benzene rings is 1. The molecule has 0 bridgehead atoms. The second-order valence-electron chi connectivity index (χ2n) is 3.30. The molecule has 1 aromatic rings.